The predicted molar refractivity (Wildman–Crippen MR) is 98.5 cm³/mol. The first-order valence-corrected chi connectivity index (χ1v) is 9.39. The van der Waals surface area contributed by atoms with Crippen molar-refractivity contribution in [2.45, 2.75) is 19.4 Å². The molecule has 0 bridgehead atoms. The molecule has 7 nitrogen and oxygen atoms in total. The summed E-state index contributed by atoms with van der Waals surface area (Å²) in [5, 5.41) is 5.48. The van der Waals surface area contributed by atoms with Crippen molar-refractivity contribution in [3.05, 3.63) is 47.2 Å². The van der Waals surface area contributed by atoms with E-state index in [0.717, 1.165) is 5.56 Å². The molecule has 0 spiro atoms. The highest BCUT2D eigenvalue weighted by Gasteiger charge is 2.33. The van der Waals surface area contributed by atoms with E-state index in [4.69, 9.17) is 4.74 Å². The summed E-state index contributed by atoms with van der Waals surface area (Å²) in [4.78, 5) is 35.8. The number of amides is 2. The van der Waals surface area contributed by atoms with Crippen molar-refractivity contribution >= 4 is 29.7 Å². The Hall–Kier alpha value is -2.48. The molecule has 1 atom stereocenters. The van der Waals surface area contributed by atoms with Crippen molar-refractivity contribution in [2.24, 2.45) is 0 Å². The Bertz CT molecular complexity index is 690. The van der Waals surface area contributed by atoms with Gasteiger partial charge in [0.25, 0.3) is 0 Å². The number of carbonyl (C=O) groups is 3. The first kappa shape index (κ1) is 19.8. The second kappa shape index (κ2) is 9.86. The molecule has 8 heteroatoms. The van der Waals surface area contributed by atoms with Crippen LogP contribution >= 0.6 is 11.8 Å². The van der Waals surface area contributed by atoms with E-state index in [1.165, 1.54) is 18.9 Å². The summed E-state index contributed by atoms with van der Waals surface area (Å²) in [6.45, 7) is 1.97. The Kier molecular flexibility index (Phi) is 7.53. The number of thioether (sulfide) groups is 1. The van der Waals surface area contributed by atoms with Crippen molar-refractivity contribution < 1.29 is 23.9 Å². The second-order valence-electron chi connectivity index (χ2n) is 5.43. The zero-order valence-electron chi connectivity index (χ0n) is 14.7. The molecule has 2 N–H and O–H groups in total. The number of nitrogens with one attached hydrogen (secondary N) is 2. The smallest absolute Gasteiger partial charge is 0.338 e. The maximum Gasteiger partial charge on any atom is 0.338 e. The fourth-order valence-corrected chi connectivity index (χ4v) is 3.40. The van der Waals surface area contributed by atoms with Crippen molar-refractivity contribution in [2.75, 3.05) is 25.2 Å². The van der Waals surface area contributed by atoms with E-state index >= 15 is 0 Å². The monoisotopic (exact) mass is 378 g/mol. The Balaban J connectivity index is 2.25. The molecular weight excluding hydrogens is 356 g/mol. The highest BCUT2D eigenvalue weighted by Crippen LogP contribution is 2.29. The van der Waals surface area contributed by atoms with Crippen molar-refractivity contribution in [3.8, 4) is 0 Å². The van der Waals surface area contributed by atoms with E-state index in [2.05, 4.69) is 15.4 Å². The molecule has 1 heterocycles. The van der Waals surface area contributed by atoms with Crippen LogP contribution in [0, 0.1) is 0 Å². The standard InChI is InChI=1S/C18H22N2O5S/c1-3-25-17(22)15-13(11-26-10-9-14(21)24-2)19-18(23)20-16(15)12-7-5-4-6-8-12/h4-8,16H,3,9-11H2,1-2H3,(H2,19,20,23). The molecule has 0 saturated carbocycles. The lowest BCUT2D eigenvalue weighted by atomic mass is 9.95. The second-order valence-corrected chi connectivity index (χ2v) is 6.54. The fraction of sp³-hybridized carbons (Fsp3) is 0.389. The van der Waals surface area contributed by atoms with E-state index in [0.29, 0.717) is 22.8 Å². The Morgan fingerprint density at radius 2 is 1.96 bits per heavy atom. The van der Waals surface area contributed by atoms with E-state index in [1.54, 1.807) is 6.92 Å². The lowest BCUT2D eigenvalue weighted by Gasteiger charge is -2.29. The molecule has 0 fully saturated rings. The number of carbonyl (C=O) groups excluding carboxylic acids is 3. The number of rotatable bonds is 8. The molecule has 0 saturated heterocycles. The van der Waals surface area contributed by atoms with Gasteiger partial charge in [-0.1, -0.05) is 30.3 Å². The van der Waals surface area contributed by atoms with Crippen LogP contribution in [0.5, 0.6) is 0 Å². The number of esters is 2. The zero-order valence-corrected chi connectivity index (χ0v) is 15.6. The van der Waals surface area contributed by atoms with Crippen LogP contribution in [0.1, 0.15) is 24.9 Å². The minimum Gasteiger partial charge on any atom is -0.469 e. The van der Waals surface area contributed by atoms with Gasteiger partial charge in [0.15, 0.2) is 0 Å². The molecule has 0 radical (unpaired) electrons. The van der Waals surface area contributed by atoms with Gasteiger partial charge in [-0.15, -0.1) is 0 Å². The summed E-state index contributed by atoms with van der Waals surface area (Å²) in [6.07, 6.45) is 0.261. The van der Waals surface area contributed by atoms with Crippen LogP contribution in [-0.2, 0) is 19.1 Å². The number of hydrogen-bond acceptors (Lipinski definition) is 6. The summed E-state index contributed by atoms with van der Waals surface area (Å²) in [5.41, 5.74) is 1.67. The van der Waals surface area contributed by atoms with Crippen LogP contribution in [0.15, 0.2) is 41.6 Å². The molecule has 0 aromatic heterocycles. The van der Waals surface area contributed by atoms with Gasteiger partial charge in [-0.05, 0) is 12.5 Å². The normalized spacial score (nSPS) is 16.5. The van der Waals surface area contributed by atoms with Gasteiger partial charge in [0.05, 0.1) is 31.8 Å². The van der Waals surface area contributed by atoms with Gasteiger partial charge >= 0.3 is 18.0 Å². The lowest BCUT2D eigenvalue weighted by molar-refractivity contribution is -0.140. The maximum atomic E-state index is 12.5. The Labute approximate surface area is 156 Å². The fourth-order valence-electron chi connectivity index (χ4n) is 2.51. The average Bonchev–Trinajstić information content (AvgIpc) is 2.65. The predicted octanol–water partition coefficient (Wildman–Crippen LogP) is 2.15. The third-order valence-electron chi connectivity index (χ3n) is 3.71. The van der Waals surface area contributed by atoms with Crippen LogP contribution < -0.4 is 10.6 Å². The molecule has 2 rings (SSSR count). The van der Waals surface area contributed by atoms with Gasteiger partial charge in [0.2, 0.25) is 0 Å². The number of benzene rings is 1. The van der Waals surface area contributed by atoms with Crippen molar-refractivity contribution in [1.82, 2.24) is 10.6 Å². The third kappa shape index (κ3) is 5.26. The molecule has 2 amide bonds. The van der Waals surface area contributed by atoms with E-state index in [-0.39, 0.29) is 25.0 Å². The zero-order chi connectivity index (χ0) is 18.9. The highest BCUT2D eigenvalue weighted by atomic mass is 32.2. The number of hydrogen-bond donors (Lipinski definition) is 2. The molecule has 26 heavy (non-hydrogen) atoms. The maximum absolute atomic E-state index is 12.5. The van der Waals surface area contributed by atoms with Gasteiger partial charge in [0.1, 0.15) is 0 Å². The Morgan fingerprint density at radius 3 is 2.62 bits per heavy atom. The van der Waals surface area contributed by atoms with Crippen LogP contribution in [0.2, 0.25) is 0 Å². The van der Waals surface area contributed by atoms with Gasteiger partial charge in [-0.2, -0.15) is 11.8 Å². The van der Waals surface area contributed by atoms with Crippen LogP contribution in [0.3, 0.4) is 0 Å². The minimum atomic E-state index is -0.583. The van der Waals surface area contributed by atoms with Crippen LogP contribution in [-0.4, -0.2) is 43.2 Å². The molecule has 1 aromatic carbocycles. The molecular formula is C18H22N2O5S. The molecule has 1 unspecified atom stereocenters. The van der Waals surface area contributed by atoms with Crippen LogP contribution in [0.4, 0.5) is 4.79 Å². The minimum absolute atomic E-state index is 0.237. The number of ether oxygens (including phenoxy) is 2. The highest BCUT2D eigenvalue weighted by molar-refractivity contribution is 7.99. The SMILES string of the molecule is CCOC(=O)C1=C(CSCCC(=O)OC)NC(=O)NC1c1ccccc1. The third-order valence-corrected chi connectivity index (χ3v) is 4.69. The van der Waals surface area contributed by atoms with E-state index in [9.17, 15) is 14.4 Å². The van der Waals surface area contributed by atoms with Gasteiger partial charge in [0, 0.05) is 17.2 Å². The summed E-state index contributed by atoms with van der Waals surface area (Å²) < 4.78 is 9.80. The summed E-state index contributed by atoms with van der Waals surface area (Å²) >= 11 is 1.43. The van der Waals surface area contributed by atoms with Gasteiger partial charge < -0.3 is 20.1 Å². The topological polar surface area (TPSA) is 93.7 Å². The molecule has 1 aliphatic rings. The first-order valence-electron chi connectivity index (χ1n) is 8.24. The van der Waals surface area contributed by atoms with Gasteiger partial charge in [-0.25, -0.2) is 9.59 Å². The largest absolute Gasteiger partial charge is 0.469 e. The number of methoxy groups -OCH3 is 1. The average molecular weight is 378 g/mol. The van der Waals surface area contributed by atoms with Crippen molar-refractivity contribution in [1.29, 1.82) is 0 Å². The lowest BCUT2D eigenvalue weighted by Crippen LogP contribution is -2.46. The summed E-state index contributed by atoms with van der Waals surface area (Å²) in [7, 11) is 1.34. The summed E-state index contributed by atoms with van der Waals surface area (Å²) in [6, 6.07) is 8.28. The van der Waals surface area contributed by atoms with Crippen LogP contribution in [0.25, 0.3) is 0 Å². The van der Waals surface area contributed by atoms with E-state index < -0.39 is 12.0 Å². The molecule has 1 aliphatic heterocycles. The molecule has 140 valence electrons. The Morgan fingerprint density at radius 1 is 1.23 bits per heavy atom. The summed E-state index contributed by atoms with van der Waals surface area (Å²) in [5.74, 6) is 0.124. The quantitative estimate of drug-likeness (QED) is 0.532. The molecule has 0 aliphatic carbocycles. The van der Waals surface area contributed by atoms with Gasteiger partial charge in [-0.3, -0.25) is 4.79 Å². The number of urea groups is 1. The van der Waals surface area contributed by atoms with E-state index in [1.807, 2.05) is 30.3 Å². The first-order chi connectivity index (χ1) is 12.6. The van der Waals surface area contributed by atoms with Crippen molar-refractivity contribution in [3.63, 3.8) is 0 Å². The molecule has 1 aromatic rings.